The number of nitrogens with zero attached hydrogens (tertiary/aromatic N) is 1. The first kappa shape index (κ1) is 64.3. The molecule has 0 saturated carbocycles. The molecule has 30 nitrogen and oxygen atoms in total. The van der Waals surface area contributed by atoms with Gasteiger partial charge in [-0.3, -0.25) is 62.5 Å². The molecule has 0 aliphatic rings. The summed E-state index contributed by atoms with van der Waals surface area (Å²) in [7, 11) is 0. The molecule has 72 heavy (non-hydrogen) atoms. The lowest BCUT2D eigenvalue weighted by Gasteiger charge is -2.28. The average molecular weight is 1030 g/mol. The number of hydrogen-bond donors (Lipinski definition) is 16. The topological polar surface area (TPSA) is 510 Å². The van der Waals surface area contributed by atoms with E-state index >= 15 is 0 Å². The molecule has 8 atom stereocenters. The van der Waals surface area contributed by atoms with Crippen molar-refractivity contribution in [1.82, 2.24) is 42.5 Å². The molecule has 0 heterocycles. The van der Waals surface area contributed by atoms with Crippen molar-refractivity contribution in [2.24, 2.45) is 34.0 Å². The van der Waals surface area contributed by atoms with Gasteiger partial charge in [-0.1, -0.05) is 27.7 Å². The van der Waals surface area contributed by atoms with Crippen molar-refractivity contribution in [2.45, 2.75) is 154 Å². The van der Waals surface area contributed by atoms with E-state index in [9.17, 15) is 87.9 Å². The molecule has 0 aliphatic heterocycles. The van der Waals surface area contributed by atoms with E-state index in [-0.39, 0.29) is 37.7 Å². The van der Waals surface area contributed by atoms with Crippen LogP contribution in [0.1, 0.15) is 105 Å². The van der Waals surface area contributed by atoms with E-state index in [0.717, 1.165) is 0 Å². The second-order valence-corrected chi connectivity index (χ2v) is 17.3. The maximum absolute atomic E-state index is 13.9. The number of rotatable bonds is 36. The van der Waals surface area contributed by atoms with Crippen LogP contribution in [-0.2, 0) is 62.3 Å². The third-order valence-electron chi connectivity index (χ3n) is 10.1. The Balaban J connectivity index is 6.84. The third-order valence-corrected chi connectivity index (χ3v) is 10.1. The molecule has 8 unspecified atom stereocenters. The normalized spacial score (nSPS) is 14.2. The number of amides is 8. The number of carbonyl (C=O) groups excluding carboxylic acids is 8. The first-order valence-corrected chi connectivity index (χ1v) is 22.8. The van der Waals surface area contributed by atoms with Crippen LogP contribution >= 0.6 is 0 Å². The largest absolute Gasteiger partial charge is 0.481 e. The van der Waals surface area contributed by atoms with Gasteiger partial charge in [0.25, 0.3) is 0 Å². The van der Waals surface area contributed by atoms with Gasteiger partial charge in [0.15, 0.2) is 5.96 Å². The summed E-state index contributed by atoms with van der Waals surface area (Å²) in [5.74, 6) is -16.9. The zero-order chi connectivity index (χ0) is 55.4. The molecule has 19 N–H and O–H groups in total. The SMILES string of the molecule is CC(C)CC(NC(=O)C(C)N)C(=O)NC(CCCN=C(N)N)C(=O)NC(CCC(=O)O)C(=O)NC(CCC(=O)O)C(=O)NC(CCC(=O)O)C(=O)NC(CCC(=O)O)C(=O)NCC(=O)NC(C(=O)O)C(C)C. The van der Waals surface area contributed by atoms with E-state index in [2.05, 4.69) is 47.5 Å². The van der Waals surface area contributed by atoms with Gasteiger partial charge in [0, 0.05) is 32.2 Å². The van der Waals surface area contributed by atoms with Gasteiger partial charge < -0.3 is 85.3 Å². The molecule has 0 spiro atoms. The molecule has 0 fully saturated rings. The molecular weight excluding hydrogens is 961 g/mol. The summed E-state index contributed by atoms with van der Waals surface area (Å²) in [5.41, 5.74) is 16.5. The Kier molecular flexibility index (Phi) is 29.5. The van der Waals surface area contributed by atoms with E-state index in [4.69, 9.17) is 17.2 Å². The fourth-order valence-corrected chi connectivity index (χ4v) is 6.32. The van der Waals surface area contributed by atoms with Crippen LogP contribution in [-0.4, -0.2) is 170 Å². The van der Waals surface area contributed by atoms with Crippen LogP contribution in [0.3, 0.4) is 0 Å². The van der Waals surface area contributed by atoms with Crippen LogP contribution in [0.5, 0.6) is 0 Å². The molecule has 0 aromatic heterocycles. The highest BCUT2D eigenvalue weighted by atomic mass is 16.4. The minimum atomic E-state index is -1.91. The molecule has 406 valence electrons. The molecule has 0 bridgehead atoms. The van der Waals surface area contributed by atoms with Crippen molar-refractivity contribution in [3.05, 3.63) is 0 Å². The number of aliphatic imine (C=N–C) groups is 1. The molecule has 0 aliphatic carbocycles. The molecule has 0 saturated heterocycles. The predicted molar refractivity (Wildman–Crippen MR) is 249 cm³/mol. The summed E-state index contributed by atoms with van der Waals surface area (Å²) in [6, 6.07) is -12.5. The number of nitrogens with two attached hydrogens (primary N) is 3. The smallest absolute Gasteiger partial charge is 0.326 e. The van der Waals surface area contributed by atoms with Gasteiger partial charge in [-0.15, -0.1) is 0 Å². The van der Waals surface area contributed by atoms with Crippen molar-refractivity contribution in [1.29, 1.82) is 0 Å². The zero-order valence-corrected chi connectivity index (χ0v) is 40.7. The highest BCUT2D eigenvalue weighted by Crippen LogP contribution is 2.11. The van der Waals surface area contributed by atoms with Crippen LogP contribution in [0.25, 0.3) is 0 Å². The van der Waals surface area contributed by atoms with Gasteiger partial charge in [0.05, 0.1) is 12.6 Å². The minimum Gasteiger partial charge on any atom is -0.481 e. The summed E-state index contributed by atoms with van der Waals surface area (Å²) >= 11 is 0. The third kappa shape index (κ3) is 27.5. The molecule has 30 heteroatoms. The number of carboxylic acid groups (broad SMARTS) is 5. The van der Waals surface area contributed by atoms with E-state index in [1.54, 1.807) is 13.8 Å². The van der Waals surface area contributed by atoms with E-state index < -0.39 is 189 Å². The standard InChI is InChI=1S/C42H70N12O18/c1-19(2)17-27(53-34(64)21(5)43)40(70)48-22(7-6-16-46-42(44)45)36(66)50-25(10-14-31(60)61)38(68)52-26(11-15-32(62)63)39(69)51-24(9-13-30(58)59)37(67)49-23(8-12-29(56)57)35(65)47-18-28(55)54-33(20(3)4)41(71)72/h19-27,33H,6-18,43H2,1-5H3,(H,47,65)(H,48,70)(H,49,67)(H,50,66)(H,51,69)(H,52,68)(H,53,64)(H,54,55)(H,56,57)(H,58,59)(H,60,61)(H,62,63)(H,71,72)(H4,44,45,46). The summed E-state index contributed by atoms with van der Waals surface area (Å²) in [4.78, 5) is 169. The van der Waals surface area contributed by atoms with E-state index in [0.29, 0.717) is 0 Å². The highest BCUT2D eigenvalue weighted by Gasteiger charge is 2.35. The number of aliphatic carboxylic acids is 5. The fourth-order valence-electron chi connectivity index (χ4n) is 6.32. The number of carboxylic acids is 5. The van der Waals surface area contributed by atoms with Crippen LogP contribution in [0, 0.1) is 11.8 Å². The van der Waals surface area contributed by atoms with Crippen molar-refractivity contribution < 1.29 is 87.9 Å². The number of nitrogens with one attached hydrogen (secondary N) is 8. The molecule has 0 aromatic carbocycles. The Morgan fingerprint density at radius 2 is 0.792 bits per heavy atom. The number of hydrogen-bond acceptors (Lipinski definition) is 15. The second-order valence-electron chi connectivity index (χ2n) is 17.3. The van der Waals surface area contributed by atoms with Gasteiger partial charge in [-0.05, 0) is 63.7 Å². The Labute approximate surface area is 413 Å². The Morgan fingerprint density at radius 1 is 0.458 bits per heavy atom. The average Bonchev–Trinajstić information content (AvgIpc) is 3.26. The van der Waals surface area contributed by atoms with Crippen molar-refractivity contribution in [3.8, 4) is 0 Å². The maximum Gasteiger partial charge on any atom is 0.326 e. The van der Waals surface area contributed by atoms with Gasteiger partial charge >= 0.3 is 29.8 Å². The van der Waals surface area contributed by atoms with Gasteiger partial charge in [0.1, 0.15) is 42.3 Å². The van der Waals surface area contributed by atoms with Crippen molar-refractivity contribution in [2.75, 3.05) is 13.1 Å². The van der Waals surface area contributed by atoms with Crippen LogP contribution in [0.2, 0.25) is 0 Å². The molecular formula is C42H70N12O18. The first-order valence-electron chi connectivity index (χ1n) is 22.8. The molecule has 0 rings (SSSR count). The summed E-state index contributed by atoms with van der Waals surface area (Å²) < 4.78 is 0. The second kappa shape index (κ2) is 33.0. The summed E-state index contributed by atoms with van der Waals surface area (Å²) in [6.45, 7) is 7.00. The van der Waals surface area contributed by atoms with E-state index in [1.165, 1.54) is 20.8 Å². The molecule has 0 radical (unpaired) electrons. The van der Waals surface area contributed by atoms with Gasteiger partial charge in [-0.25, -0.2) is 4.79 Å². The Bertz CT molecular complexity index is 1980. The lowest BCUT2D eigenvalue weighted by atomic mass is 10.0. The lowest BCUT2D eigenvalue weighted by Crippen LogP contribution is -2.60. The molecule has 0 aromatic rings. The van der Waals surface area contributed by atoms with Crippen LogP contribution < -0.4 is 59.7 Å². The number of guanidine groups is 1. The highest BCUT2D eigenvalue weighted by molar-refractivity contribution is 5.98. The fraction of sp³-hybridized carbons (Fsp3) is 0.667. The first-order chi connectivity index (χ1) is 33.4. The van der Waals surface area contributed by atoms with Crippen LogP contribution in [0.4, 0.5) is 0 Å². The zero-order valence-electron chi connectivity index (χ0n) is 40.7. The monoisotopic (exact) mass is 1030 g/mol. The Hall–Kier alpha value is -7.66. The quantitative estimate of drug-likeness (QED) is 0.0159. The van der Waals surface area contributed by atoms with E-state index in [1.807, 2.05) is 0 Å². The molecule has 8 amide bonds. The predicted octanol–water partition coefficient (Wildman–Crippen LogP) is -4.86. The van der Waals surface area contributed by atoms with Crippen LogP contribution in [0.15, 0.2) is 4.99 Å². The Morgan fingerprint density at radius 3 is 1.10 bits per heavy atom. The lowest BCUT2D eigenvalue weighted by molar-refractivity contribution is -0.143. The van der Waals surface area contributed by atoms with Crippen molar-refractivity contribution in [3.63, 3.8) is 0 Å². The van der Waals surface area contributed by atoms with Crippen molar-refractivity contribution >= 4 is 83.1 Å². The summed E-state index contributed by atoms with van der Waals surface area (Å²) in [5, 5.41) is 65.2. The van der Waals surface area contributed by atoms with Gasteiger partial charge in [-0.2, -0.15) is 0 Å². The minimum absolute atomic E-state index is 0.0440. The number of carbonyl (C=O) groups is 13. The van der Waals surface area contributed by atoms with Gasteiger partial charge in [0.2, 0.25) is 47.3 Å². The maximum atomic E-state index is 13.9. The summed E-state index contributed by atoms with van der Waals surface area (Å²) in [6.07, 6.45) is -5.93.